The van der Waals surface area contributed by atoms with E-state index in [0.29, 0.717) is 0 Å². The van der Waals surface area contributed by atoms with Crippen LogP contribution in [0, 0.1) is 0 Å². The van der Waals surface area contributed by atoms with Crippen molar-refractivity contribution in [1.82, 2.24) is 9.13 Å². The maximum atomic E-state index is 4.75. The van der Waals surface area contributed by atoms with Gasteiger partial charge in [0.05, 0.1) is 0 Å². The minimum atomic E-state index is 0.926. The third kappa shape index (κ3) is 5.40. The molecule has 2 aromatic heterocycles. The fraction of sp³-hybridized carbons (Fsp3) is 0.0833. The first-order chi connectivity index (χ1) is 24.7. The Balaban J connectivity index is 1.50. The Hall–Kier alpha value is -6.12. The third-order valence-electron chi connectivity index (χ3n) is 9.77. The quantitative estimate of drug-likeness (QED) is 0.138. The van der Waals surface area contributed by atoms with Crippen molar-refractivity contribution in [3.63, 3.8) is 0 Å². The molecule has 8 aromatic rings. The van der Waals surface area contributed by atoms with Gasteiger partial charge in [0.2, 0.25) is 0 Å². The van der Waals surface area contributed by atoms with Gasteiger partial charge in [-0.15, -0.1) is 0 Å². The van der Waals surface area contributed by atoms with Crippen molar-refractivity contribution in [1.29, 1.82) is 0 Å². The number of hydrogen-bond donors (Lipinski definition) is 0. The molecule has 6 aromatic carbocycles. The van der Waals surface area contributed by atoms with E-state index in [-0.39, 0.29) is 0 Å². The molecular formula is C48H40N2. The van der Waals surface area contributed by atoms with Gasteiger partial charge in [-0.05, 0) is 82.1 Å². The van der Waals surface area contributed by atoms with Crippen LogP contribution in [0.2, 0.25) is 0 Å². The van der Waals surface area contributed by atoms with Crippen LogP contribution in [0.15, 0.2) is 177 Å². The Morgan fingerprint density at radius 2 is 1.12 bits per heavy atom. The number of rotatable bonds is 9. The normalized spacial score (nSPS) is 11.9. The van der Waals surface area contributed by atoms with E-state index in [1.54, 1.807) is 0 Å². The molecule has 242 valence electrons. The van der Waals surface area contributed by atoms with Crippen LogP contribution in [-0.4, -0.2) is 9.13 Å². The first kappa shape index (κ1) is 31.2. The van der Waals surface area contributed by atoms with Crippen LogP contribution in [0.1, 0.15) is 25.8 Å². The maximum Gasteiger partial charge on any atom is 0.0492 e. The van der Waals surface area contributed by atoms with Crippen molar-refractivity contribution in [3.8, 4) is 39.1 Å². The number of benzene rings is 6. The van der Waals surface area contributed by atoms with E-state index in [0.717, 1.165) is 29.8 Å². The molecule has 0 aliphatic carbocycles. The van der Waals surface area contributed by atoms with E-state index in [2.05, 4.69) is 193 Å². The van der Waals surface area contributed by atoms with Crippen LogP contribution in [0.5, 0.6) is 0 Å². The van der Waals surface area contributed by atoms with E-state index in [4.69, 9.17) is 6.58 Å². The van der Waals surface area contributed by atoms with E-state index in [1.807, 2.05) is 0 Å². The van der Waals surface area contributed by atoms with Gasteiger partial charge in [0.25, 0.3) is 0 Å². The molecule has 0 unspecified atom stereocenters. The predicted molar refractivity (Wildman–Crippen MR) is 216 cm³/mol. The molecule has 0 bridgehead atoms. The molecule has 0 radical (unpaired) electrons. The first-order valence-electron chi connectivity index (χ1n) is 17.6. The summed E-state index contributed by atoms with van der Waals surface area (Å²) in [6.45, 7) is 10.1. The maximum absolute atomic E-state index is 4.75. The molecule has 0 N–H and O–H groups in total. The zero-order chi connectivity index (χ0) is 34.0. The van der Waals surface area contributed by atoms with Gasteiger partial charge in [0.1, 0.15) is 0 Å². The molecule has 50 heavy (non-hydrogen) atoms. The number of hydrogen-bond acceptors (Lipinski definition) is 0. The van der Waals surface area contributed by atoms with Crippen molar-refractivity contribution >= 4 is 38.2 Å². The molecular weight excluding hydrogens is 605 g/mol. The second-order valence-corrected chi connectivity index (χ2v) is 12.8. The Labute approximate surface area is 294 Å². The summed E-state index contributed by atoms with van der Waals surface area (Å²) >= 11 is 0. The standard InChI is InChI=1S/C48H40N2/c1-4-6-7-11-20-34(3)45-46(35-21-12-8-13-22-35)41-32-49(38-29-30-44-40(31-38)39-27-18-19-28-43(39)50(44)5-2)33-42(41)47(36-23-14-9-15-24-36)48(45)37-25-16-10-17-26-37/h6-33H,3-5H2,1-2H3/b7-6-,20-11-. The van der Waals surface area contributed by atoms with Gasteiger partial charge >= 0.3 is 0 Å². The van der Waals surface area contributed by atoms with Gasteiger partial charge in [-0.3, -0.25) is 0 Å². The highest BCUT2D eigenvalue weighted by Crippen LogP contribution is 2.49. The van der Waals surface area contributed by atoms with Crippen molar-refractivity contribution in [3.05, 3.63) is 182 Å². The van der Waals surface area contributed by atoms with E-state index < -0.39 is 0 Å². The van der Waals surface area contributed by atoms with E-state index >= 15 is 0 Å². The van der Waals surface area contributed by atoms with E-state index in [1.165, 1.54) is 66.0 Å². The van der Waals surface area contributed by atoms with Crippen LogP contribution in [0.3, 0.4) is 0 Å². The van der Waals surface area contributed by atoms with Crippen LogP contribution < -0.4 is 0 Å². The van der Waals surface area contributed by atoms with Gasteiger partial charge in [0.15, 0.2) is 0 Å². The highest BCUT2D eigenvalue weighted by molar-refractivity contribution is 6.17. The van der Waals surface area contributed by atoms with Crippen LogP contribution in [0.25, 0.3) is 77.2 Å². The number of fused-ring (bicyclic) bond motifs is 4. The number of aryl methyl sites for hydroxylation is 1. The highest BCUT2D eigenvalue weighted by atomic mass is 15.0. The lowest BCUT2D eigenvalue weighted by Crippen LogP contribution is -1.98. The summed E-state index contributed by atoms with van der Waals surface area (Å²) in [6.07, 6.45) is 14.2. The van der Waals surface area contributed by atoms with Gasteiger partial charge in [0, 0.05) is 57.2 Å². The molecule has 0 fully saturated rings. The molecule has 2 heteroatoms. The summed E-state index contributed by atoms with van der Waals surface area (Å²) in [5.74, 6) is 0. The Kier molecular flexibility index (Phi) is 8.36. The minimum absolute atomic E-state index is 0.926. The molecule has 0 saturated carbocycles. The van der Waals surface area contributed by atoms with Crippen molar-refractivity contribution < 1.29 is 0 Å². The monoisotopic (exact) mass is 644 g/mol. The number of para-hydroxylation sites is 1. The lowest BCUT2D eigenvalue weighted by molar-refractivity contribution is 0.827. The molecule has 0 aliphatic heterocycles. The number of nitrogens with zero attached hydrogens (tertiary/aromatic N) is 2. The van der Waals surface area contributed by atoms with Gasteiger partial charge in [-0.25, -0.2) is 0 Å². The fourth-order valence-electron chi connectivity index (χ4n) is 7.56. The first-order valence-corrected chi connectivity index (χ1v) is 17.6. The van der Waals surface area contributed by atoms with Crippen molar-refractivity contribution in [2.24, 2.45) is 0 Å². The average molecular weight is 645 g/mol. The molecule has 0 amide bonds. The topological polar surface area (TPSA) is 9.86 Å². The Morgan fingerprint density at radius 1 is 0.560 bits per heavy atom. The lowest BCUT2D eigenvalue weighted by Gasteiger charge is -2.22. The third-order valence-corrected chi connectivity index (χ3v) is 9.77. The zero-order valence-electron chi connectivity index (χ0n) is 28.7. The molecule has 0 spiro atoms. The smallest absolute Gasteiger partial charge is 0.0492 e. The zero-order valence-corrected chi connectivity index (χ0v) is 28.7. The molecule has 8 rings (SSSR count). The largest absolute Gasteiger partial charge is 0.341 e. The van der Waals surface area contributed by atoms with Gasteiger partial charge in [-0.2, -0.15) is 0 Å². The van der Waals surface area contributed by atoms with Crippen molar-refractivity contribution in [2.45, 2.75) is 26.8 Å². The second kappa shape index (κ2) is 13.4. The Bertz CT molecular complexity index is 2540. The summed E-state index contributed by atoms with van der Waals surface area (Å²) in [4.78, 5) is 0. The second-order valence-electron chi connectivity index (χ2n) is 12.8. The predicted octanol–water partition coefficient (Wildman–Crippen LogP) is 13.3. The number of aromatic nitrogens is 2. The molecule has 2 heterocycles. The molecule has 0 aliphatic rings. The van der Waals surface area contributed by atoms with Crippen molar-refractivity contribution in [2.75, 3.05) is 0 Å². The summed E-state index contributed by atoms with van der Waals surface area (Å²) in [6, 6.07) is 48.1. The average Bonchev–Trinajstić information content (AvgIpc) is 3.76. The Morgan fingerprint density at radius 3 is 1.76 bits per heavy atom. The van der Waals surface area contributed by atoms with E-state index in [9.17, 15) is 0 Å². The number of allylic oxidation sites excluding steroid dienone is 5. The summed E-state index contributed by atoms with van der Waals surface area (Å²) in [5, 5.41) is 4.95. The van der Waals surface area contributed by atoms with Gasteiger partial charge in [-0.1, -0.05) is 147 Å². The summed E-state index contributed by atoms with van der Waals surface area (Å²) in [5.41, 5.74) is 12.9. The van der Waals surface area contributed by atoms with Gasteiger partial charge < -0.3 is 9.13 Å². The fourth-order valence-corrected chi connectivity index (χ4v) is 7.56. The lowest BCUT2D eigenvalue weighted by atomic mass is 9.80. The molecule has 0 saturated heterocycles. The summed E-state index contributed by atoms with van der Waals surface area (Å²) < 4.78 is 4.73. The summed E-state index contributed by atoms with van der Waals surface area (Å²) in [7, 11) is 0. The molecule has 0 atom stereocenters. The van der Waals surface area contributed by atoms with Crippen LogP contribution in [0.4, 0.5) is 0 Å². The highest BCUT2D eigenvalue weighted by Gasteiger charge is 2.25. The van der Waals surface area contributed by atoms with Crippen LogP contribution >= 0.6 is 0 Å². The molecule has 2 nitrogen and oxygen atoms in total. The SMILES string of the molecule is C=C(/C=C\C=C/CC)c1c(-c2ccccc2)c(-c2ccccc2)c2cn(-c3ccc4c(c3)c3ccccc3n4CC)cc2c1-c1ccccc1. The van der Waals surface area contributed by atoms with Crippen LogP contribution in [-0.2, 0) is 6.54 Å². The minimum Gasteiger partial charge on any atom is -0.341 e.